The Morgan fingerprint density at radius 2 is 2.00 bits per heavy atom. The Labute approximate surface area is 160 Å². The fourth-order valence-electron chi connectivity index (χ4n) is 4.03. The zero-order chi connectivity index (χ0) is 18.6. The standard InChI is InChI=1S/C20H28N6O/c21-20-16(5-3-8-22-20)14-24-9-4-12-26-18(15-24)13-17(23-26)6-7-19(27)25-10-1-2-11-25/h3,5,8,13H,1-2,4,6-7,9-12,14-15H2,(H2,21,22). The van der Waals surface area contributed by atoms with Gasteiger partial charge >= 0.3 is 0 Å². The second-order valence-corrected chi connectivity index (χ2v) is 7.55. The van der Waals surface area contributed by atoms with Crippen LogP contribution in [0.3, 0.4) is 0 Å². The number of hydrogen-bond acceptors (Lipinski definition) is 5. The van der Waals surface area contributed by atoms with E-state index in [4.69, 9.17) is 10.8 Å². The van der Waals surface area contributed by atoms with Crippen LogP contribution in [0.4, 0.5) is 5.82 Å². The highest BCUT2D eigenvalue weighted by molar-refractivity contribution is 5.76. The molecule has 0 spiro atoms. The van der Waals surface area contributed by atoms with Gasteiger partial charge in [-0.2, -0.15) is 5.10 Å². The molecule has 4 rings (SSSR count). The summed E-state index contributed by atoms with van der Waals surface area (Å²) in [6, 6.07) is 6.14. The van der Waals surface area contributed by atoms with Crippen molar-refractivity contribution in [3.05, 3.63) is 41.3 Å². The van der Waals surface area contributed by atoms with Gasteiger partial charge < -0.3 is 10.6 Å². The third-order valence-electron chi connectivity index (χ3n) is 5.52. The van der Waals surface area contributed by atoms with Gasteiger partial charge in [0.2, 0.25) is 5.91 Å². The van der Waals surface area contributed by atoms with Crippen molar-refractivity contribution in [3.63, 3.8) is 0 Å². The van der Waals surface area contributed by atoms with E-state index in [0.29, 0.717) is 12.2 Å². The minimum Gasteiger partial charge on any atom is -0.383 e. The number of pyridine rings is 1. The van der Waals surface area contributed by atoms with E-state index >= 15 is 0 Å². The summed E-state index contributed by atoms with van der Waals surface area (Å²) in [5.74, 6) is 0.876. The molecule has 7 heteroatoms. The van der Waals surface area contributed by atoms with Crippen LogP contribution < -0.4 is 5.73 Å². The molecule has 2 aliphatic heterocycles. The first-order valence-electron chi connectivity index (χ1n) is 9.94. The lowest BCUT2D eigenvalue weighted by atomic mass is 10.2. The molecule has 0 radical (unpaired) electrons. The normalized spacial score (nSPS) is 17.7. The van der Waals surface area contributed by atoms with Crippen molar-refractivity contribution < 1.29 is 4.79 Å². The SMILES string of the molecule is Nc1ncccc1CN1CCCn2nc(CCC(=O)N3CCCC3)cc2C1. The number of aryl methyl sites for hydroxylation is 2. The number of carbonyl (C=O) groups is 1. The van der Waals surface area contributed by atoms with Crippen LogP contribution in [0.1, 0.15) is 42.6 Å². The summed E-state index contributed by atoms with van der Waals surface area (Å²) >= 11 is 0. The fourth-order valence-corrected chi connectivity index (χ4v) is 4.03. The molecule has 2 aromatic heterocycles. The number of carbonyl (C=O) groups excluding carboxylic acids is 1. The molecule has 2 N–H and O–H groups in total. The lowest BCUT2D eigenvalue weighted by molar-refractivity contribution is -0.130. The number of nitrogens with zero attached hydrogens (tertiary/aromatic N) is 5. The Balaban J connectivity index is 1.38. The molecule has 1 amide bonds. The van der Waals surface area contributed by atoms with E-state index in [2.05, 4.69) is 20.6 Å². The van der Waals surface area contributed by atoms with Crippen LogP contribution in [-0.2, 0) is 30.8 Å². The summed E-state index contributed by atoms with van der Waals surface area (Å²) in [6.45, 7) is 5.43. The molecule has 2 aliphatic rings. The van der Waals surface area contributed by atoms with Crippen LogP contribution in [0.2, 0.25) is 0 Å². The first-order chi connectivity index (χ1) is 13.2. The van der Waals surface area contributed by atoms with Gasteiger partial charge in [-0.05, 0) is 31.4 Å². The lowest BCUT2D eigenvalue weighted by Gasteiger charge is -2.20. The van der Waals surface area contributed by atoms with Gasteiger partial charge in [-0.1, -0.05) is 6.07 Å². The Morgan fingerprint density at radius 1 is 1.15 bits per heavy atom. The first-order valence-corrected chi connectivity index (χ1v) is 9.94. The van der Waals surface area contributed by atoms with Crippen LogP contribution in [0, 0.1) is 0 Å². The van der Waals surface area contributed by atoms with E-state index in [1.807, 2.05) is 17.0 Å². The molecule has 27 heavy (non-hydrogen) atoms. The van der Waals surface area contributed by atoms with Crippen molar-refractivity contribution >= 4 is 11.7 Å². The molecule has 144 valence electrons. The quantitative estimate of drug-likeness (QED) is 0.871. The average Bonchev–Trinajstić information content (AvgIpc) is 3.29. The maximum Gasteiger partial charge on any atom is 0.222 e. The predicted molar refractivity (Wildman–Crippen MR) is 104 cm³/mol. The molecular formula is C20H28N6O. The van der Waals surface area contributed by atoms with Crippen molar-refractivity contribution in [1.82, 2.24) is 24.6 Å². The number of amides is 1. The van der Waals surface area contributed by atoms with E-state index in [1.54, 1.807) is 6.20 Å². The minimum atomic E-state index is 0.268. The van der Waals surface area contributed by atoms with Crippen molar-refractivity contribution in [3.8, 4) is 0 Å². The average molecular weight is 368 g/mol. The number of fused-ring (bicyclic) bond motifs is 1. The Bertz CT molecular complexity index is 796. The number of anilines is 1. The second-order valence-electron chi connectivity index (χ2n) is 7.55. The largest absolute Gasteiger partial charge is 0.383 e. The number of nitrogens with two attached hydrogens (primary N) is 1. The summed E-state index contributed by atoms with van der Waals surface area (Å²) in [6.07, 6.45) is 6.36. The smallest absolute Gasteiger partial charge is 0.222 e. The Morgan fingerprint density at radius 3 is 2.81 bits per heavy atom. The van der Waals surface area contributed by atoms with Gasteiger partial charge in [0.1, 0.15) is 5.82 Å². The Hall–Kier alpha value is -2.41. The summed E-state index contributed by atoms with van der Waals surface area (Å²) in [7, 11) is 0. The van der Waals surface area contributed by atoms with E-state index in [0.717, 1.165) is 76.2 Å². The maximum absolute atomic E-state index is 12.3. The predicted octanol–water partition coefficient (Wildman–Crippen LogP) is 1.82. The molecule has 1 saturated heterocycles. The molecule has 2 aromatic rings. The molecule has 1 fully saturated rings. The van der Waals surface area contributed by atoms with Crippen molar-refractivity contribution in [2.24, 2.45) is 0 Å². The van der Waals surface area contributed by atoms with E-state index < -0.39 is 0 Å². The zero-order valence-corrected chi connectivity index (χ0v) is 15.8. The number of aromatic nitrogens is 3. The van der Waals surface area contributed by atoms with E-state index in [-0.39, 0.29) is 5.91 Å². The molecule has 0 bridgehead atoms. The maximum atomic E-state index is 12.3. The molecule has 7 nitrogen and oxygen atoms in total. The van der Waals surface area contributed by atoms with E-state index in [9.17, 15) is 4.79 Å². The highest BCUT2D eigenvalue weighted by Crippen LogP contribution is 2.19. The lowest BCUT2D eigenvalue weighted by Crippen LogP contribution is -2.27. The van der Waals surface area contributed by atoms with Gasteiger partial charge in [0.05, 0.1) is 11.4 Å². The first kappa shape index (κ1) is 18.0. The summed E-state index contributed by atoms with van der Waals surface area (Å²) in [5, 5.41) is 4.75. The molecule has 0 atom stereocenters. The molecular weight excluding hydrogens is 340 g/mol. The van der Waals surface area contributed by atoms with Gasteiger partial charge in [0, 0.05) is 63.9 Å². The molecule has 0 aromatic carbocycles. The highest BCUT2D eigenvalue weighted by Gasteiger charge is 2.20. The van der Waals surface area contributed by atoms with Crippen molar-refractivity contribution in [2.45, 2.75) is 51.7 Å². The van der Waals surface area contributed by atoms with Gasteiger partial charge in [-0.3, -0.25) is 14.4 Å². The highest BCUT2D eigenvalue weighted by atomic mass is 16.2. The zero-order valence-electron chi connectivity index (χ0n) is 15.8. The van der Waals surface area contributed by atoms with E-state index in [1.165, 1.54) is 5.69 Å². The van der Waals surface area contributed by atoms with Crippen LogP contribution in [0.15, 0.2) is 24.4 Å². The van der Waals surface area contributed by atoms with Gasteiger partial charge in [-0.15, -0.1) is 0 Å². The Kier molecular flexibility index (Phi) is 5.38. The minimum absolute atomic E-state index is 0.268. The third kappa shape index (κ3) is 4.30. The number of likely N-dealkylation sites (tertiary alicyclic amines) is 1. The van der Waals surface area contributed by atoms with Crippen LogP contribution in [0.25, 0.3) is 0 Å². The number of rotatable bonds is 5. The number of hydrogen-bond donors (Lipinski definition) is 1. The van der Waals surface area contributed by atoms with Crippen molar-refractivity contribution in [1.29, 1.82) is 0 Å². The monoisotopic (exact) mass is 368 g/mol. The van der Waals surface area contributed by atoms with Gasteiger partial charge in [-0.25, -0.2) is 4.98 Å². The third-order valence-corrected chi connectivity index (χ3v) is 5.52. The molecule has 0 aliphatic carbocycles. The fraction of sp³-hybridized carbons (Fsp3) is 0.550. The summed E-state index contributed by atoms with van der Waals surface area (Å²) in [4.78, 5) is 20.8. The molecule has 0 unspecified atom stereocenters. The van der Waals surface area contributed by atoms with Crippen LogP contribution in [-0.4, -0.2) is 50.1 Å². The molecule has 4 heterocycles. The van der Waals surface area contributed by atoms with Crippen molar-refractivity contribution in [2.75, 3.05) is 25.4 Å². The number of nitrogen functional groups attached to an aromatic ring is 1. The summed E-state index contributed by atoms with van der Waals surface area (Å²) < 4.78 is 2.11. The topological polar surface area (TPSA) is 80.3 Å². The van der Waals surface area contributed by atoms with Gasteiger partial charge in [0.15, 0.2) is 0 Å². The van der Waals surface area contributed by atoms with Gasteiger partial charge in [0.25, 0.3) is 0 Å². The second kappa shape index (κ2) is 8.08. The van der Waals surface area contributed by atoms with Crippen LogP contribution in [0.5, 0.6) is 0 Å². The van der Waals surface area contributed by atoms with Crippen LogP contribution >= 0.6 is 0 Å². The summed E-state index contributed by atoms with van der Waals surface area (Å²) in [5.41, 5.74) is 9.32. The molecule has 0 saturated carbocycles.